The molecule has 1 aromatic heterocycles. The summed E-state index contributed by atoms with van der Waals surface area (Å²) >= 11 is 0. The number of ether oxygens (including phenoxy) is 1. The minimum Gasteiger partial charge on any atom is -0.372 e. The van der Waals surface area contributed by atoms with Gasteiger partial charge in [0.25, 0.3) is 0 Å². The average Bonchev–Trinajstić information content (AvgIpc) is 2.75. The summed E-state index contributed by atoms with van der Waals surface area (Å²) in [6.45, 7) is 9.16. The minimum atomic E-state index is -4.88. The van der Waals surface area contributed by atoms with Crippen LogP contribution in [-0.4, -0.2) is 61.9 Å². The highest BCUT2D eigenvalue weighted by molar-refractivity contribution is 7.92. The first-order chi connectivity index (χ1) is 16.7. The molecule has 13 heteroatoms. The number of sulfone groups is 1. The van der Waals surface area contributed by atoms with Crippen LogP contribution in [0.1, 0.15) is 55.9 Å². The zero-order valence-corrected chi connectivity index (χ0v) is 21.8. The predicted octanol–water partition coefficient (Wildman–Crippen LogP) is 2.01. The van der Waals surface area contributed by atoms with Gasteiger partial charge in [-0.3, -0.25) is 15.1 Å². The number of hydrogen-bond acceptors (Lipinski definition) is 8. The molecule has 0 spiro atoms. The van der Waals surface area contributed by atoms with Crippen LogP contribution in [0, 0.1) is 28.7 Å². The third-order valence-corrected chi connectivity index (χ3v) is 7.79. The number of morpholine rings is 1. The Hall–Kier alpha value is -3.06. The molecular weight excluding hydrogens is 496 g/mol. The van der Waals surface area contributed by atoms with Crippen LogP contribution in [0.3, 0.4) is 0 Å². The Morgan fingerprint density at radius 3 is 2.50 bits per heavy atom. The summed E-state index contributed by atoms with van der Waals surface area (Å²) in [6.07, 6.45) is 1.01. The molecule has 3 rings (SSSR count). The van der Waals surface area contributed by atoms with Crippen LogP contribution in [0.2, 0.25) is 0 Å². The maximum atomic E-state index is 15.3. The van der Waals surface area contributed by atoms with Crippen LogP contribution < -0.4 is 9.89 Å². The molecule has 1 atom stereocenters. The van der Waals surface area contributed by atoms with Crippen molar-refractivity contribution >= 4 is 27.6 Å². The largest absolute Gasteiger partial charge is 0.372 e. The summed E-state index contributed by atoms with van der Waals surface area (Å²) in [5.41, 5.74) is -1.78. The van der Waals surface area contributed by atoms with Crippen molar-refractivity contribution in [3.63, 3.8) is 0 Å². The van der Waals surface area contributed by atoms with E-state index < -0.39 is 59.4 Å². The van der Waals surface area contributed by atoms with Crippen molar-refractivity contribution in [2.45, 2.75) is 56.3 Å². The number of nitrogens with one attached hydrogen (secondary N) is 1. The summed E-state index contributed by atoms with van der Waals surface area (Å²) in [6, 6.07) is 2.06. The Kier molecular flexibility index (Phi) is 7.75. The fraction of sp³-hybridized carbons (Fsp3) is 0.522. The first kappa shape index (κ1) is 27.5. The highest BCUT2D eigenvalue weighted by Gasteiger charge is 2.44. The number of aromatic nitrogens is 2. The highest BCUT2D eigenvalue weighted by atomic mass is 32.2. The van der Waals surface area contributed by atoms with E-state index in [4.69, 9.17) is 4.74 Å². The lowest BCUT2D eigenvalue weighted by molar-refractivity contribution is -0.415. The van der Waals surface area contributed by atoms with E-state index in [-0.39, 0.29) is 36.9 Å². The van der Waals surface area contributed by atoms with E-state index in [2.05, 4.69) is 15.0 Å². The molecule has 10 nitrogen and oxygen atoms in total. The van der Waals surface area contributed by atoms with Gasteiger partial charge in [-0.15, -0.1) is 0 Å². The Balaban J connectivity index is 2.31. The Bertz CT molecular complexity index is 1310. The first-order valence-corrected chi connectivity index (χ1v) is 12.9. The maximum Gasteiger partial charge on any atom is 0.334 e. The number of hydrogen-bond donors (Lipinski definition) is 1. The Labute approximate surface area is 208 Å². The second kappa shape index (κ2) is 10.1. The molecule has 36 heavy (non-hydrogen) atoms. The summed E-state index contributed by atoms with van der Waals surface area (Å²) in [5.74, 6) is -2.98. The zero-order valence-electron chi connectivity index (χ0n) is 21.0. The molecule has 0 radical (unpaired) electrons. The minimum absolute atomic E-state index is 0.00258. The van der Waals surface area contributed by atoms with Gasteiger partial charge in [0.05, 0.1) is 17.1 Å². The predicted molar refractivity (Wildman–Crippen MR) is 129 cm³/mol. The zero-order chi connectivity index (χ0) is 27.0. The third kappa shape index (κ3) is 5.21. The van der Waals surface area contributed by atoms with E-state index in [9.17, 15) is 22.9 Å². The van der Waals surface area contributed by atoms with E-state index in [1.54, 1.807) is 18.7 Å². The van der Waals surface area contributed by atoms with Crippen molar-refractivity contribution in [3.05, 3.63) is 51.0 Å². The van der Waals surface area contributed by atoms with Crippen molar-refractivity contribution in [2.75, 3.05) is 31.6 Å². The molecule has 196 valence electrons. The molecule has 1 fully saturated rings. The van der Waals surface area contributed by atoms with Gasteiger partial charge in [-0.2, -0.15) is 0 Å². The van der Waals surface area contributed by atoms with Crippen LogP contribution in [0.4, 0.5) is 20.3 Å². The number of halogens is 2. The average molecular weight is 527 g/mol. The molecule has 1 aliphatic rings. The van der Waals surface area contributed by atoms with E-state index in [1.165, 1.54) is 20.0 Å². The molecule has 1 unspecified atom stereocenters. The number of anilines is 1. The molecule has 0 aliphatic carbocycles. The highest BCUT2D eigenvalue weighted by Crippen LogP contribution is 2.40. The molecular formula is C23H30F2N5O5S+. The van der Waals surface area contributed by atoms with Crippen molar-refractivity contribution in [3.8, 4) is 0 Å². The summed E-state index contributed by atoms with van der Waals surface area (Å²) < 4.78 is 63.4. The van der Waals surface area contributed by atoms with Crippen LogP contribution in [-0.2, 0) is 14.6 Å². The second-order valence-corrected chi connectivity index (χ2v) is 11.5. The quantitative estimate of drug-likeness (QED) is 0.330. The fourth-order valence-electron chi connectivity index (χ4n) is 4.21. The molecule has 1 aromatic carbocycles. The number of aryl methyl sites for hydroxylation is 1. The number of nitro groups is 1. The Morgan fingerprint density at radius 1 is 1.28 bits per heavy atom. The van der Waals surface area contributed by atoms with Crippen LogP contribution in [0.25, 0.3) is 0 Å². The molecule has 2 heterocycles. The van der Waals surface area contributed by atoms with Gasteiger partial charge < -0.3 is 9.64 Å². The standard InChI is InChI=1S/C23H29F2N5O5S/c1-13(2)15-7-8-16(24)21(18(15)25)36(33,34)17(11-26-6)19-20(30(31)32)22(28-14(3)27-19)29-9-10-35-23(4,5)12-29/h7-8,11,13,17H,9-10,12H2,1-6H3/p+1. The van der Waals surface area contributed by atoms with Crippen molar-refractivity contribution < 1.29 is 31.9 Å². The van der Waals surface area contributed by atoms with Gasteiger partial charge in [0, 0.05) is 13.1 Å². The van der Waals surface area contributed by atoms with Gasteiger partial charge in [0.2, 0.25) is 15.7 Å². The molecule has 0 saturated carbocycles. The van der Waals surface area contributed by atoms with Crippen LogP contribution in [0.15, 0.2) is 17.0 Å². The lowest BCUT2D eigenvalue weighted by atomic mass is 10.0. The van der Waals surface area contributed by atoms with Gasteiger partial charge in [-0.05, 0) is 38.3 Å². The third-order valence-electron chi connectivity index (χ3n) is 5.82. The molecule has 1 N–H and O–H groups in total. The van der Waals surface area contributed by atoms with Gasteiger partial charge in [-0.1, -0.05) is 19.9 Å². The maximum absolute atomic E-state index is 15.3. The summed E-state index contributed by atoms with van der Waals surface area (Å²) in [5, 5.41) is 10.4. The molecule has 1 aliphatic heterocycles. The van der Waals surface area contributed by atoms with E-state index in [0.717, 1.165) is 12.3 Å². The van der Waals surface area contributed by atoms with Gasteiger partial charge in [-0.25, -0.2) is 27.2 Å². The molecule has 1 saturated heterocycles. The van der Waals surface area contributed by atoms with Crippen molar-refractivity contribution in [2.24, 2.45) is 0 Å². The number of rotatable bonds is 7. The van der Waals surface area contributed by atoms with Crippen molar-refractivity contribution in [1.82, 2.24) is 9.97 Å². The number of nitrogens with zero attached hydrogens (tertiary/aromatic N) is 4. The van der Waals surface area contributed by atoms with Crippen LogP contribution in [0.5, 0.6) is 0 Å². The smallest absolute Gasteiger partial charge is 0.334 e. The summed E-state index contributed by atoms with van der Waals surface area (Å²) in [7, 11) is -3.50. The van der Waals surface area contributed by atoms with E-state index in [0.29, 0.717) is 0 Å². The molecule has 0 bridgehead atoms. The lowest BCUT2D eigenvalue weighted by Gasteiger charge is -2.38. The van der Waals surface area contributed by atoms with Gasteiger partial charge >= 0.3 is 5.69 Å². The molecule has 0 amide bonds. The van der Waals surface area contributed by atoms with E-state index >= 15 is 4.39 Å². The van der Waals surface area contributed by atoms with Gasteiger partial charge in [0.1, 0.15) is 29.4 Å². The van der Waals surface area contributed by atoms with Crippen LogP contribution >= 0.6 is 0 Å². The lowest BCUT2D eigenvalue weighted by Crippen LogP contribution is -2.64. The SMILES string of the molecule is C[NH+]=CC(c1nc(C)nc(N2CCOC(C)(C)C2)c1[N+](=O)[O-])S(=O)(=O)c1c(F)ccc(C(C)C)c1F. The first-order valence-electron chi connectivity index (χ1n) is 11.4. The molecule has 2 aromatic rings. The Morgan fingerprint density at radius 2 is 1.94 bits per heavy atom. The second-order valence-electron chi connectivity index (χ2n) is 9.47. The normalized spacial score (nSPS) is 17.1. The monoisotopic (exact) mass is 526 g/mol. The topological polar surface area (TPSA) is 130 Å². The summed E-state index contributed by atoms with van der Waals surface area (Å²) in [4.78, 5) is 22.9. The van der Waals surface area contributed by atoms with E-state index in [1.807, 2.05) is 13.8 Å². The van der Waals surface area contributed by atoms with Crippen molar-refractivity contribution in [1.29, 1.82) is 0 Å². The fourth-order valence-corrected chi connectivity index (χ4v) is 5.95. The van der Waals surface area contributed by atoms with Gasteiger partial charge in [0.15, 0.2) is 17.2 Å². The number of benzene rings is 1.